The highest BCUT2D eigenvalue weighted by Crippen LogP contribution is 2.11. The molecule has 0 saturated heterocycles. The fourth-order valence-corrected chi connectivity index (χ4v) is 2.77. The Morgan fingerprint density at radius 2 is 1.72 bits per heavy atom. The van der Waals surface area contributed by atoms with Crippen molar-refractivity contribution in [1.29, 1.82) is 0 Å². The Morgan fingerprint density at radius 3 is 2.28 bits per heavy atom. The second-order valence-electron chi connectivity index (χ2n) is 5.46. The molecule has 0 atom stereocenters. The number of nitrogens with zero attached hydrogens (tertiary/aromatic N) is 1. The van der Waals surface area contributed by atoms with Gasteiger partial charge >= 0.3 is 0 Å². The topological polar surface area (TPSA) is 80.5 Å². The van der Waals surface area contributed by atoms with Crippen LogP contribution >= 0.6 is 0 Å². The minimum atomic E-state index is -3.77. The van der Waals surface area contributed by atoms with Gasteiger partial charge in [-0.2, -0.15) is 0 Å². The van der Waals surface area contributed by atoms with Gasteiger partial charge in [-0.15, -0.1) is 0 Å². The number of hydrogen-bond acceptors (Lipinski definition) is 3. The second kappa shape index (κ2) is 8.47. The van der Waals surface area contributed by atoms with E-state index in [4.69, 9.17) is 5.14 Å². The number of benzene rings is 2. The maximum Gasteiger partial charge on any atom is 0.254 e. The van der Waals surface area contributed by atoms with Crippen molar-refractivity contribution in [3.63, 3.8) is 0 Å². The summed E-state index contributed by atoms with van der Waals surface area (Å²) in [5, 5.41) is 5.07. The molecule has 2 rings (SSSR count). The van der Waals surface area contributed by atoms with Crippen molar-refractivity contribution in [1.82, 2.24) is 4.90 Å². The molecule has 0 unspecified atom stereocenters. The number of amides is 1. The van der Waals surface area contributed by atoms with Gasteiger partial charge in [-0.25, -0.2) is 13.6 Å². The van der Waals surface area contributed by atoms with Gasteiger partial charge in [-0.1, -0.05) is 37.0 Å². The van der Waals surface area contributed by atoms with Crippen LogP contribution in [0, 0.1) is 11.8 Å². The number of rotatable bonds is 5. The van der Waals surface area contributed by atoms with Crippen LogP contribution in [0.5, 0.6) is 0 Å². The van der Waals surface area contributed by atoms with Gasteiger partial charge in [-0.05, 0) is 42.8 Å². The molecule has 0 saturated carbocycles. The minimum absolute atomic E-state index is 0.0186. The van der Waals surface area contributed by atoms with E-state index < -0.39 is 10.0 Å². The molecular formula is C19H20N2O3S. The summed E-state index contributed by atoms with van der Waals surface area (Å²) in [7, 11) is -3.77. The lowest BCUT2D eigenvalue weighted by molar-refractivity contribution is 0.0776. The monoisotopic (exact) mass is 356 g/mol. The number of nitrogens with two attached hydrogens (primary N) is 1. The van der Waals surface area contributed by atoms with Gasteiger partial charge in [0.2, 0.25) is 10.0 Å². The van der Waals surface area contributed by atoms with Gasteiger partial charge in [0, 0.05) is 17.7 Å². The molecule has 0 radical (unpaired) electrons. The minimum Gasteiger partial charge on any atom is -0.327 e. The molecule has 0 fully saturated rings. The van der Waals surface area contributed by atoms with E-state index >= 15 is 0 Å². The summed E-state index contributed by atoms with van der Waals surface area (Å²) in [5.41, 5.74) is 1.30. The van der Waals surface area contributed by atoms with Gasteiger partial charge in [0.25, 0.3) is 5.91 Å². The van der Waals surface area contributed by atoms with Crippen LogP contribution in [0.3, 0.4) is 0 Å². The molecule has 2 aromatic carbocycles. The Morgan fingerprint density at radius 1 is 1.08 bits per heavy atom. The van der Waals surface area contributed by atoms with E-state index in [2.05, 4.69) is 11.8 Å². The molecule has 1 amide bonds. The van der Waals surface area contributed by atoms with Crippen molar-refractivity contribution in [3.05, 3.63) is 65.7 Å². The molecule has 2 N–H and O–H groups in total. The van der Waals surface area contributed by atoms with Crippen LogP contribution in [0.25, 0.3) is 0 Å². The molecule has 0 aliphatic carbocycles. The van der Waals surface area contributed by atoms with Crippen LogP contribution in [0.1, 0.15) is 29.3 Å². The van der Waals surface area contributed by atoms with Crippen LogP contribution < -0.4 is 5.14 Å². The van der Waals surface area contributed by atoms with Crippen molar-refractivity contribution < 1.29 is 13.2 Å². The Bertz CT molecular complexity index is 880. The zero-order chi connectivity index (χ0) is 18.3. The Labute approximate surface area is 148 Å². The standard InChI is InChI=1S/C19H20N2O3S/c1-2-14-21(15-6-9-16-7-4-3-5-8-16)19(22)17-10-12-18(13-11-17)25(20,23)24/h3-5,7-8,10-13H,2,14-15H2,1H3,(H2,20,23,24). The third-order valence-corrected chi connectivity index (χ3v) is 4.42. The SMILES string of the molecule is CCCN(CC#Cc1ccccc1)C(=O)c1ccc(S(N)(=O)=O)cc1. The van der Waals surface area contributed by atoms with E-state index in [1.54, 1.807) is 4.90 Å². The number of carbonyl (C=O) groups excluding carboxylic acids is 1. The molecule has 0 heterocycles. The maximum atomic E-state index is 12.6. The predicted octanol–water partition coefficient (Wildman–Crippen LogP) is 2.24. The molecule has 0 bridgehead atoms. The molecule has 0 aliphatic heterocycles. The first-order valence-electron chi connectivity index (χ1n) is 7.88. The van der Waals surface area contributed by atoms with E-state index in [1.165, 1.54) is 24.3 Å². The quantitative estimate of drug-likeness (QED) is 0.834. The normalized spacial score (nSPS) is 10.6. The molecule has 130 valence electrons. The Kier molecular flexibility index (Phi) is 6.34. The molecule has 25 heavy (non-hydrogen) atoms. The zero-order valence-corrected chi connectivity index (χ0v) is 14.8. The summed E-state index contributed by atoms with van der Waals surface area (Å²) < 4.78 is 22.6. The number of primary sulfonamides is 1. The van der Waals surface area contributed by atoms with E-state index in [9.17, 15) is 13.2 Å². The lowest BCUT2D eigenvalue weighted by atomic mass is 10.2. The first-order valence-corrected chi connectivity index (χ1v) is 9.42. The summed E-state index contributed by atoms with van der Waals surface area (Å²) in [6.45, 7) is 2.85. The Hall–Kier alpha value is -2.62. The lowest BCUT2D eigenvalue weighted by Crippen LogP contribution is -2.32. The first-order chi connectivity index (χ1) is 11.9. The van der Waals surface area contributed by atoms with Crippen molar-refractivity contribution in [3.8, 4) is 11.8 Å². The van der Waals surface area contributed by atoms with E-state index in [-0.39, 0.29) is 10.8 Å². The van der Waals surface area contributed by atoms with Crippen molar-refractivity contribution in [2.45, 2.75) is 18.2 Å². The predicted molar refractivity (Wildman–Crippen MR) is 97.3 cm³/mol. The van der Waals surface area contributed by atoms with Crippen LogP contribution in [0.15, 0.2) is 59.5 Å². The van der Waals surface area contributed by atoms with Crippen LogP contribution in [-0.2, 0) is 10.0 Å². The second-order valence-corrected chi connectivity index (χ2v) is 7.03. The third kappa shape index (κ3) is 5.45. The molecule has 0 aliphatic rings. The summed E-state index contributed by atoms with van der Waals surface area (Å²) in [5.74, 6) is 5.85. The van der Waals surface area contributed by atoms with Crippen molar-refractivity contribution in [2.24, 2.45) is 5.14 Å². The summed E-state index contributed by atoms with van der Waals surface area (Å²) >= 11 is 0. The van der Waals surface area contributed by atoms with E-state index in [0.717, 1.165) is 12.0 Å². The molecule has 5 nitrogen and oxygen atoms in total. The average molecular weight is 356 g/mol. The highest BCUT2D eigenvalue weighted by molar-refractivity contribution is 7.89. The summed E-state index contributed by atoms with van der Waals surface area (Å²) in [6, 6.07) is 15.2. The van der Waals surface area contributed by atoms with Crippen molar-refractivity contribution in [2.75, 3.05) is 13.1 Å². The smallest absolute Gasteiger partial charge is 0.254 e. The fraction of sp³-hybridized carbons (Fsp3) is 0.211. The molecule has 0 spiro atoms. The number of carbonyl (C=O) groups is 1. The molecule has 0 aromatic heterocycles. The zero-order valence-electron chi connectivity index (χ0n) is 14.0. The van der Waals surface area contributed by atoms with Crippen LogP contribution in [0.2, 0.25) is 0 Å². The first kappa shape index (κ1) is 18.7. The molecule has 2 aromatic rings. The van der Waals surface area contributed by atoms with Crippen molar-refractivity contribution >= 4 is 15.9 Å². The number of hydrogen-bond donors (Lipinski definition) is 1. The Balaban J connectivity index is 2.13. The van der Waals surface area contributed by atoms with Crippen LogP contribution in [-0.4, -0.2) is 32.3 Å². The van der Waals surface area contributed by atoms with E-state index in [1.807, 2.05) is 37.3 Å². The average Bonchev–Trinajstić information content (AvgIpc) is 2.61. The lowest BCUT2D eigenvalue weighted by Gasteiger charge is -2.19. The highest BCUT2D eigenvalue weighted by Gasteiger charge is 2.15. The maximum absolute atomic E-state index is 12.6. The fourth-order valence-electron chi connectivity index (χ4n) is 2.25. The third-order valence-electron chi connectivity index (χ3n) is 3.49. The largest absolute Gasteiger partial charge is 0.327 e. The summed E-state index contributed by atoms with van der Waals surface area (Å²) in [4.78, 5) is 14.2. The summed E-state index contributed by atoms with van der Waals surface area (Å²) in [6.07, 6.45) is 0.800. The van der Waals surface area contributed by atoms with Crippen LogP contribution in [0.4, 0.5) is 0 Å². The van der Waals surface area contributed by atoms with Gasteiger partial charge in [0.1, 0.15) is 0 Å². The van der Waals surface area contributed by atoms with E-state index in [0.29, 0.717) is 18.7 Å². The van der Waals surface area contributed by atoms with Gasteiger partial charge in [-0.3, -0.25) is 4.79 Å². The molecule has 6 heteroatoms. The highest BCUT2D eigenvalue weighted by atomic mass is 32.2. The number of sulfonamides is 1. The van der Waals surface area contributed by atoms with Gasteiger partial charge in [0.15, 0.2) is 0 Å². The molecular weight excluding hydrogens is 336 g/mol. The van der Waals surface area contributed by atoms with Gasteiger partial charge < -0.3 is 4.90 Å². The van der Waals surface area contributed by atoms with Gasteiger partial charge in [0.05, 0.1) is 11.4 Å².